The number of hydrogen-bond acceptors (Lipinski definition) is 6. The highest BCUT2D eigenvalue weighted by Crippen LogP contribution is 2.03. The van der Waals surface area contributed by atoms with Crippen LogP contribution >= 0.6 is 0 Å². The van der Waals surface area contributed by atoms with Crippen molar-refractivity contribution in [2.24, 2.45) is 5.73 Å². The molecule has 1 aromatic rings. The molecule has 0 bridgehead atoms. The number of benzene rings is 1. The third-order valence-electron chi connectivity index (χ3n) is 3.43. The highest BCUT2D eigenvalue weighted by Gasteiger charge is 2.22. The molecule has 0 unspecified atom stereocenters. The Hall–Kier alpha value is -3.47. The lowest BCUT2D eigenvalue weighted by Crippen LogP contribution is -2.52. The Morgan fingerprint density at radius 3 is 2.07 bits per heavy atom. The first-order valence-electron chi connectivity index (χ1n) is 8.38. The van der Waals surface area contributed by atoms with E-state index in [4.69, 9.17) is 10.8 Å². The zero-order valence-electron chi connectivity index (χ0n) is 15.1. The molecule has 1 rings (SSSR count). The Morgan fingerprint density at radius 2 is 1.46 bits per heavy atom. The van der Waals surface area contributed by atoms with E-state index in [2.05, 4.69) is 21.3 Å². The van der Waals surface area contributed by atoms with Crippen LogP contribution in [0, 0.1) is 0 Å². The molecule has 11 nitrogen and oxygen atoms in total. The Balaban J connectivity index is 2.66. The van der Waals surface area contributed by atoms with E-state index in [1.807, 2.05) is 0 Å². The molecule has 28 heavy (non-hydrogen) atoms. The summed E-state index contributed by atoms with van der Waals surface area (Å²) in [6.45, 7) is -1.64. The fourth-order valence-electron chi connectivity index (χ4n) is 2.08. The lowest BCUT2D eigenvalue weighted by Gasteiger charge is -2.19. The molecule has 1 aromatic carbocycles. The fourth-order valence-corrected chi connectivity index (χ4v) is 2.08. The molecular formula is C17H23N5O6. The van der Waals surface area contributed by atoms with E-state index in [-0.39, 0.29) is 19.5 Å². The van der Waals surface area contributed by atoms with Crippen LogP contribution in [0.4, 0.5) is 0 Å². The maximum absolute atomic E-state index is 12.4. The largest absolute Gasteiger partial charge is 0.480 e. The van der Waals surface area contributed by atoms with Crippen LogP contribution in [0.1, 0.15) is 5.56 Å². The summed E-state index contributed by atoms with van der Waals surface area (Å²) < 4.78 is 0. The van der Waals surface area contributed by atoms with Gasteiger partial charge in [0.15, 0.2) is 0 Å². The van der Waals surface area contributed by atoms with Crippen LogP contribution in [-0.4, -0.2) is 66.9 Å². The summed E-state index contributed by atoms with van der Waals surface area (Å²) in [5.41, 5.74) is 5.91. The van der Waals surface area contributed by atoms with Crippen LogP contribution in [0.3, 0.4) is 0 Å². The second-order valence-corrected chi connectivity index (χ2v) is 5.68. The van der Waals surface area contributed by atoms with Crippen molar-refractivity contribution in [1.29, 1.82) is 0 Å². The second-order valence-electron chi connectivity index (χ2n) is 5.68. The minimum atomic E-state index is -1.21. The maximum Gasteiger partial charge on any atom is 0.322 e. The number of carboxylic acids is 1. The molecule has 0 heterocycles. The second kappa shape index (κ2) is 12.0. The van der Waals surface area contributed by atoms with Crippen LogP contribution in [0.15, 0.2) is 30.3 Å². The van der Waals surface area contributed by atoms with E-state index >= 15 is 0 Å². The predicted molar refractivity (Wildman–Crippen MR) is 97.8 cm³/mol. The molecule has 0 aliphatic rings. The van der Waals surface area contributed by atoms with Gasteiger partial charge in [-0.1, -0.05) is 30.3 Å². The smallest absolute Gasteiger partial charge is 0.322 e. The van der Waals surface area contributed by atoms with Crippen LogP contribution in [0.2, 0.25) is 0 Å². The molecule has 0 fully saturated rings. The standard InChI is InChI=1S/C17H23N5O6/c18-7-13(23)19-9-15(25)22-12(6-11-4-2-1-3-5-11)17(28)21-8-14(24)20-10-16(26)27/h1-5,12H,6-10,18H2,(H,19,23)(H,20,24)(H,21,28)(H,22,25)(H,26,27)/t12-/m0/s1. The number of nitrogens with two attached hydrogens (primary N) is 1. The minimum absolute atomic E-state index is 0.153. The van der Waals surface area contributed by atoms with Crippen LogP contribution in [0.25, 0.3) is 0 Å². The van der Waals surface area contributed by atoms with Crippen molar-refractivity contribution < 1.29 is 29.1 Å². The van der Waals surface area contributed by atoms with Crippen LogP contribution in [0.5, 0.6) is 0 Å². The normalized spacial score (nSPS) is 11.0. The summed E-state index contributed by atoms with van der Waals surface area (Å²) in [6, 6.07) is 7.87. The number of carbonyl (C=O) groups excluding carboxylic acids is 4. The van der Waals surface area contributed by atoms with Gasteiger partial charge in [-0.2, -0.15) is 0 Å². The fraction of sp³-hybridized carbons (Fsp3) is 0.353. The first kappa shape index (κ1) is 22.6. The summed E-state index contributed by atoms with van der Waals surface area (Å²) >= 11 is 0. The van der Waals surface area contributed by atoms with Crippen molar-refractivity contribution in [1.82, 2.24) is 21.3 Å². The van der Waals surface area contributed by atoms with Crippen molar-refractivity contribution in [3.63, 3.8) is 0 Å². The topological polar surface area (TPSA) is 180 Å². The van der Waals surface area contributed by atoms with Gasteiger partial charge in [0.25, 0.3) is 0 Å². The number of hydrogen-bond donors (Lipinski definition) is 6. The van der Waals surface area contributed by atoms with Crippen molar-refractivity contribution in [3.8, 4) is 0 Å². The molecule has 11 heteroatoms. The Morgan fingerprint density at radius 1 is 0.857 bits per heavy atom. The lowest BCUT2D eigenvalue weighted by molar-refractivity contribution is -0.138. The number of aliphatic carboxylic acids is 1. The molecule has 1 atom stereocenters. The molecule has 0 aliphatic carbocycles. The minimum Gasteiger partial charge on any atom is -0.480 e. The Labute approximate surface area is 161 Å². The molecule has 0 saturated heterocycles. The summed E-state index contributed by atoms with van der Waals surface area (Å²) in [5, 5.41) is 17.7. The quantitative estimate of drug-likeness (QED) is 0.233. The zero-order chi connectivity index (χ0) is 20.9. The number of carboxylic acid groups (broad SMARTS) is 1. The highest BCUT2D eigenvalue weighted by atomic mass is 16.4. The van der Waals surface area contributed by atoms with Gasteiger partial charge < -0.3 is 32.1 Å². The molecule has 0 spiro atoms. The zero-order valence-corrected chi connectivity index (χ0v) is 15.1. The van der Waals surface area contributed by atoms with Gasteiger partial charge in [-0.15, -0.1) is 0 Å². The molecule has 152 valence electrons. The monoisotopic (exact) mass is 393 g/mol. The van der Waals surface area contributed by atoms with Crippen LogP contribution in [-0.2, 0) is 30.4 Å². The van der Waals surface area contributed by atoms with E-state index in [1.54, 1.807) is 30.3 Å². The van der Waals surface area contributed by atoms with Crippen molar-refractivity contribution >= 4 is 29.6 Å². The molecular weight excluding hydrogens is 370 g/mol. The third-order valence-corrected chi connectivity index (χ3v) is 3.43. The maximum atomic E-state index is 12.4. The summed E-state index contributed by atoms with van der Waals surface area (Å²) in [6.07, 6.45) is 0.153. The van der Waals surface area contributed by atoms with E-state index in [9.17, 15) is 24.0 Å². The molecule has 0 aromatic heterocycles. The van der Waals surface area contributed by atoms with E-state index in [1.165, 1.54) is 0 Å². The average Bonchev–Trinajstić information content (AvgIpc) is 2.68. The molecule has 4 amide bonds. The van der Waals surface area contributed by atoms with Crippen LogP contribution < -0.4 is 27.0 Å². The molecule has 7 N–H and O–H groups in total. The Bertz CT molecular complexity index is 709. The number of carbonyl (C=O) groups is 5. The first-order chi connectivity index (χ1) is 13.3. The van der Waals surface area contributed by atoms with Gasteiger partial charge in [-0.25, -0.2) is 0 Å². The average molecular weight is 393 g/mol. The van der Waals surface area contributed by atoms with Gasteiger partial charge in [-0.3, -0.25) is 24.0 Å². The predicted octanol–water partition coefficient (Wildman–Crippen LogP) is -2.89. The SMILES string of the molecule is NCC(=O)NCC(=O)N[C@@H](Cc1ccccc1)C(=O)NCC(=O)NCC(=O)O. The van der Waals surface area contributed by atoms with E-state index in [0.717, 1.165) is 5.56 Å². The van der Waals surface area contributed by atoms with Crippen molar-refractivity contribution in [2.75, 3.05) is 26.2 Å². The summed E-state index contributed by atoms with van der Waals surface area (Å²) in [7, 11) is 0. The summed E-state index contributed by atoms with van der Waals surface area (Å²) in [4.78, 5) is 57.5. The van der Waals surface area contributed by atoms with Gasteiger partial charge >= 0.3 is 5.97 Å². The van der Waals surface area contributed by atoms with Gasteiger partial charge in [0.2, 0.25) is 23.6 Å². The van der Waals surface area contributed by atoms with E-state index < -0.39 is 48.7 Å². The number of amides is 4. The van der Waals surface area contributed by atoms with Gasteiger partial charge in [0.05, 0.1) is 19.6 Å². The van der Waals surface area contributed by atoms with E-state index in [0.29, 0.717) is 0 Å². The number of rotatable bonds is 11. The van der Waals surface area contributed by atoms with Gasteiger partial charge in [0.1, 0.15) is 12.6 Å². The van der Waals surface area contributed by atoms with Gasteiger partial charge in [0, 0.05) is 6.42 Å². The Kier molecular flexibility index (Phi) is 9.68. The van der Waals surface area contributed by atoms with Gasteiger partial charge in [-0.05, 0) is 5.56 Å². The molecule has 0 aliphatic heterocycles. The van der Waals surface area contributed by atoms with Crippen molar-refractivity contribution in [2.45, 2.75) is 12.5 Å². The highest BCUT2D eigenvalue weighted by molar-refractivity contribution is 5.92. The number of nitrogens with one attached hydrogen (secondary N) is 4. The summed E-state index contributed by atoms with van der Waals surface area (Å²) in [5.74, 6) is -3.65. The molecule has 0 saturated carbocycles. The van der Waals surface area contributed by atoms with Crippen molar-refractivity contribution in [3.05, 3.63) is 35.9 Å². The third kappa shape index (κ3) is 9.29. The molecule has 0 radical (unpaired) electrons. The first-order valence-corrected chi connectivity index (χ1v) is 8.38. The lowest BCUT2D eigenvalue weighted by atomic mass is 10.1.